The second-order valence-corrected chi connectivity index (χ2v) is 3.18. The van der Waals surface area contributed by atoms with Gasteiger partial charge >= 0.3 is 5.97 Å². The Bertz CT molecular complexity index is 241. The lowest BCUT2D eigenvalue weighted by Gasteiger charge is -2.11. The highest BCUT2D eigenvalue weighted by atomic mass is 35.5. The third-order valence-corrected chi connectivity index (χ3v) is 1.64. The minimum atomic E-state index is -1.22. The van der Waals surface area contributed by atoms with Crippen LogP contribution in [0.1, 0.15) is 19.8 Å². The molecule has 1 atom stereocenters. The Morgan fingerprint density at radius 3 is 2.36 bits per heavy atom. The van der Waals surface area contributed by atoms with Gasteiger partial charge in [0.15, 0.2) is 0 Å². The molecule has 0 heterocycles. The summed E-state index contributed by atoms with van der Waals surface area (Å²) in [7, 11) is 0. The third kappa shape index (κ3) is 5.53. The van der Waals surface area contributed by atoms with Gasteiger partial charge in [-0.15, -0.1) is 11.6 Å². The van der Waals surface area contributed by atoms with Crippen LogP contribution < -0.4 is 5.32 Å². The Hall–Kier alpha value is -1.10. The number of carbonyl (C=O) groups excluding carboxylic acids is 2. The van der Waals surface area contributed by atoms with Crippen LogP contribution in [0.4, 0.5) is 0 Å². The van der Waals surface area contributed by atoms with Gasteiger partial charge in [-0.25, -0.2) is 4.79 Å². The molecule has 0 fully saturated rings. The van der Waals surface area contributed by atoms with Crippen molar-refractivity contribution in [1.82, 2.24) is 5.32 Å². The largest absolute Gasteiger partial charge is 0.480 e. The van der Waals surface area contributed by atoms with Crippen LogP contribution in [0.15, 0.2) is 0 Å². The van der Waals surface area contributed by atoms with E-state index < -0.39 is 17.9 Å². The highest BCUT2D eigenvalue weighted by Gasteiger charge is 2.20. The maximum Gasteiger partial charge on any atom is 0.326 e. The predicted octanol–water partition coefficient (Wildman–Crippen LogP) is 0.164. The van der Waals surface area contributed by atoms with Crippen LogP contribution in [0.5, 0.6) is 0 Å². The monoisotopic (exact) mass is 221 g/mol. The minimum absolute atomic E-state index is 0.0449. The van der Waals surface area contributed by atoms with Gasteiger partial charge in [-0.1, -0.05) is 0 Å². The maximum atomic E-state index is 11.0. The lowest BCUT2D eigenvalue weighted by Crippen LogP contribution is -2.42. The van der Waals surface area contributed by atoms with E-state index in [1.54, 1.807) is 0 Å². The summed E-state index contributed by atoms with van der Waals surface area (Å²) in [6.45, 7) is 1.27. The number of carboxylic acid groups (broad SMARTS) is 1. The van der Waals surface area contributed by atoms with Gasteiger partial charge in [0, 0.05) is 18.7 Å². The molecule has 0 aliphatic carbocycles. The van der Waals surface area contributed by atoms with E-state index in [1.807, 2.05) is 0 Å². The van der Waals surface area contributed by atoms with Crippen LogP contribution in [-0.4, -0.2) is 34.7 Å². The molecular formula is C8H12ClNO4. The van der Waals surface area contributed by atoms with Crippen molar-refractivity contribution >= 4 is 29.3 Å². The van der Waals surface area contributed by atoms with E-state index in [4.69, 9.17) is 16.7 Å². The fourth-order valence-corrected chi connectivity index (χ4v) is 1.01. The molecule has 0 saturated heterocycles. The number of aliphatic carboxylic acids is 1. The Labute approximate surface area is 86.4 Å². The number of carbonyl (C=O) groups is 3. The Morgan fingerprint density at radius 1 is 1.43 bits per heavy atom. The number of Topliss-reactive ketones (excluding diaryl/α,β-unsaturated/α-hetero) is 1. The van der Waals surface area contributed by atoms with Crippen LogP contribution in [-0.2, 0) is 14.4 Å². The number of ketones is 1. The lowest BCUT2D eigenvalue weighted by molar-refractivity contribution is -0.143. The molecule has 80 valence electrons. The van der Waals surface area contributed by atoms with E-state index in [2.05, 4.69) is 5.32 Å². The fraction of sp³-hybridized carbons (Fsp3) is 0.625. The van der Waals surface area contributed by atoms with E-state index >= 15 is 0 Å². The fourth-order valence-electron chi connectivity index (χ4n) is 0.840. The standard InChI is InChI=1S/C8H12ClNO4/c1-5(11)4-6(8(13)14)10-7(12)2-3-9/h6H,2-4H2,1H3,(H,10,12)(H,13,14). The van der Waals surface area contributed by atoms with Crippen molar-refractivity contribution in [3.63, 3.8) is 0 Å². The van der Waals surface area contributed by atoms with E-state index in [1.165, 1.54) is 6.92 Å². The van der Waals surface area contributed by atoms with Gasteiger partial charge in [-0.3, -0.25) is 9.59 Å². The summed E-state index contributed by atoms with van der Waals surface area (Å²) >= 11 is 5.29. The summed E-state index contributed by atoms with van der Waals surface area (Å²) in [5.41, 5.74) is 0. The summed E-state index contributed by atoms with van der Waals surface area (Å²) in [5.74, 6) is -1.85. The molecule has 5 nitrogen and oxygen atoms in total. The molecule has 1 unspecified atom stereocenters. The summed E-state index contributed by atoms with van der Waals surface area (Å²) in [6, 6.07) is -1.15. The second-order valence-electron chi connectivity index (χ2n) is 2.80. The van der Waals surface area contributed by atoms with Crippen LogP contribution in [0.25, 0.3) is 0 Å². The SMILES string of the molecule is CC(=O)CC(NC(=O)CCCl)C(=O)O. The van der Waals surface area contributed by atoms with Crippen molar-refractivity contribution in [3.8, 4) is 0 Å². The number of carboxylic acids is 1. The highest BCUT2D eigenvalue weighted by molar-refractivity contribution is 6.18. The minimum Gasteiger partial charge on any atom is -0.480 e. The number of halogens is 1. The summed E-state index contributed by atoms with van der Waals surface area (Å²) in [5, 5.41) is 10.8. The molecule has 0 rings (SSSR count). The third-order valence-electron chi connectivity index (χ3n) is 1.45. The Balaban J connectivity index is 4.16. The Kier molecular flexibility index (Phi) is 5.87. The number of hydrogen-bond donors (Lipinski definition) is 2. The first kappa shape index (κ1) is 12.9. The molecule has 2 N–H and O–H groups in total. The van der Waals surface area contributed by atoms with Crippen molar-refractivity contribution in [2.75, 3.05) is 5.88 Å². The van der Waals surface area contributed by atoms with Crippen LogP contribution in [0.3, 0.4) is 0 Å². The second kappa shape index (κ2) is 6.37. The first-order valence-corrected chi connectivity index (χ1v) is 4.58. The van der Waals surface area contributed by atoms with Crippen molar-refractivity contribution in [2.45, 2.75) is 25.8 Å². The molecule has 0 aliphatic rings. The molecular weight excluding hydrogens is 210 g/mol. The summed E-state index contributed by atoms with van der Waals surface area (Å²) < 4.78 is 0. The molecule has 0 saturated carbocycles. The molecule has 0 spiro atoms. The zero-order valence-electron chi connectivity index (χ0n) is 7.75. The number of rotatable bonds is 6. The first-order valence-electron chi connectivity index (χ1n) is 4.05. The number of nitrogens with one attached hydrogen (secondary N) is 1. The van der Waals surface area contributed by atoms with Gasteiger partial charge in [0.05, 0.1) is 0 Å². The molecule has 6 heteroatoms. The maximum absolute atomic E-state index is 11.0. The quantitative estimate of drug-likeness (QED) is 0.626. The molecule has 0 radical (unpaired) electrons. The normalized spacial score (nSPS) is 11.9. The molecule has 0 aromatic heterocycles. The van der Waals surface area contributed by atoms with Gasteiger partial charge in [-0.2, -0.15) is 0 Å². The van der Waals surface area contributed by atoms with Crippen LogP contribution in [0, 0.1) is 0 Å². The molecule has 0 aromatic carbocycles. The molecule has 1 amide bonds. The van der Waals surface area contributed by atoms with Crippen molar-refractivity contribution in [1.29, 1.82) is 0 Å². The van der Waals surface area contributed by atoms with E-state index in [0.717, 1.165) is 0 Å². The lowest BCUT2D eigenvalue weighted by atomic mass is 10.1. The predicted molar refractivity (Wildman–Crippen MR) is 50.2 cm³/mol. The zero-order chi connectivity index (χ0) is 11.1. The number of hydrogen-bond acceptors (Lipinski definition) is 3. The van der Waals surface area contributed by atoms with Crippen molar-refractivity contribution in [3.05, 3.63) is 0 Å². The van der Waals surface area contributed by atoms with E-state index in [-0.39, 0.29) is 24.5 Å². The molecule has 0 aromatic rings. The van der Waals surface area contributed by atoms with E-state index in [0.29, 0.717) is 0 Å². The smallest absolute Gasteiger partial charge is 0.326 e. The van der Waals surface area contributed by atoms with E-state index in [9.17, 15) is 14.4 Å². The number of alkyl halides is 1. The molecule has 0 bridgehead atoms. The summed E-state index contributed by atoms with van der Waals surface area (Å²) in [4.78, 5) is 32.2. The Morgan fingerprint density at radius 2 is 2.00 bits per heavy atom. The topological polar surface area (TPSA) is 83.5 Å². The average Bonchev–Trinajstić information content (AvgIpc) is 2.02. The van der Waals surface area contributed by atoms with Gasteiger partial charge in [-0.05, 0) is 6.92 Å². The highest BCUT2D eigenvalue weighted by Crippen LogP contribution is 1.95. The van der Waals surface area contributed by atoms with Crippen molar-refractivity contribution in [2.24, 2.45) is 0 Å². The van der Waals surface area contributed by atoms with Crippen molar-refractivity contribution < 1.29 is 19.5 Å². The van der Waals surface area contributed by atoms with Gasteiger partial charge in [0.2, 0.25) is 5.91 Å². The average molecular weight is 222 g/mol. The summed E-state index contributed by atoms with van der Waals surface area (Å²) in [6.07, 6.45) is -0.160. The van der Waals surface area contributed by atoms with Gasteiger partial charge < -0.3 is 10.4 Å². The first-order chi connectivity index (χ1) is 6.47. The zero-order valence-corrected chi connectivity index (χ0v) is 8.50. The molecule has 0 aliphatic heterocycles. The van der Waals surface area contributed by atoms with Crippen LogP contribution in [0.2, 0.25) is 0 Å². The van der Waals surface area contributed by atoms with Gasteiger partial charge in [0.1, 0.15) is 11.8 Å². The van der Waals surface area contributed by atoms with Gasteiger partial charge in [0.25, 0.3) is 0 Å². The number of amides is 1. The van der Waals surface area contributed by atoms with Crippen LogP contribution >= 0.6 is 11.6 Å². The molecule has 14 heavy (non-hydrogen) atoms.